The highest BCUT2D eigenvalue weighted by atomic mass is 35.5. The van der Waals surface area contributed by atoms with E-state index in [1.165, 1.54) is 6.21 Å². The molecule has 0 bridgehead atoms. The molecule has 1 aromatic heterocycles. The van der Waals surface area contributed by atoms with Gasteiger partial charge in [-0.15, -0.1) is 0 Å². The Labute approximate surface area is 114 Å². The van der Waals surface area contributed by atoms with E-state index in [0.29, 0.717) is 5.69 Å². The number of para-hydroxylation sites is 1. The number of hydrogen-bond acceptors (Lipinski definition) is 5. The molecule has 92 valence electrons. The number of nitrogens with zero attached hydrogens (tertiary/aromatic N) is 3. The lowest BCUT2D eigenvalue weighted by Crippen LogP contribution is -2.02. The molecule has 0 fully saturated rings. The number of nitrogen functional groups attached to an aromatic ring is 1. The maximum absolute atomic E-state index is 5.74. The van der Waals surface area contributed by atoms with Gasteiger partial charge in [-0.3, -0.25) is 5.43 Å². The lowest BCUT2D eigenvalue weighted by atomic mass is 10.3. The van der Waals surface area contributed by atoms with E-state index in [1.807, 2.05) is 30.3 Å². The highest BCUT2D eigenvalue weighted by Crippen LogP contribution is 2.19. The highest BCUT2D eigenvalue weighted by molar-refractivity contribution is 6.40. The third-order valence-electron chi connectivity index (χ3n) is 2.02. The monoisotopic (exact) mass is 281 g/mol. The molecule has 5 nitrogen and oxygen atoms in total. The number of aromatic nitrogens is 2. The van der Waals surface area contributed by atoms with E-state index in [9.17, 15) is 0 Å². The fraction of sp³-hybridized carbons (Fsp3) is 0. The molecule has 0 spiro atoms. The molecule has 18 heavy (non-hydrogen) atoms. The molecule has 0 aliphatic heterocycles. The Hall–Kier alpha value is -1.85. The van der Waals surface area contributed by atoms with Gasteiger partial charge < -0.3 is 5.73 Å². The van der Waals surface area contributed by atoms with Gasteiger partial charge in [0.25, 0.3) is 0 Å². The van der Waals surface area contributed by atoms with Crippen molar-refractivity contribution in [2.45, 2.75) is 0 Å². The third kappa shape index (κ3) is 3.09. The van der Waals surface area contributed by atoms with Crippen molar-refractivity contribution in [1.29, 1.82) is 0 Å². The van der Waals surface area contributed by atoms with Gasteiger partial charge in [-0.1, -0.05) is 41.4 Å². The molecule has 0 radical (unpaired) electrons. The molecule has 2 aromatic rings. The van der Waals surface area contributed by atoms with Crippen molar-refractivity contribution in [3.63, 3.8) is 0 Å². The van der Waals surface area contributed by atoms with Crippen molar-refractivity contribution in [2.75, 3.05) is 11.2 Å². The number of hydrogen-bond donors (Lipinski definition) is 2. The molecule has 0 amide bonds. The SMILES string of the molecule is Nc1nc(Cl)c(Cl)nc1C=NNc1ccccc1. The van der Waals surface area contributed by atoms with Gasteiger partial charge in [-0.25, -0.2) is 9.97 Å². The number of halogens is 2. The van der Waals surface area contributed by atoms with Gasteiger partial charge in [0.1, 0.15) is 5.69 Å². The first-order chi connectivity index (χ1) is 8.66. The number of nitrogens with two attached hydrogens (primary N) is 1. The van der Waals surface area contributed by atoms with Crippen molar-refractivity contribution in [3.05, 3.63) is 46.3 Å². The van der Waals surface area contributed by atoms with E-state index in [4.69, 9.17) is 28.9 Å². The molecule has 3 N–H and O–H groups in total. The van der Waals surface area contributed by atoms with Crippen molar-refractivity contribution >= 4 is 40.9 Å². The Balaban J connectivity index is 2.12. The van der Waals surface area contributed by atoms with Crippen LogP contribution in [0.2, 0.25) is 10.3 Å². The van der Waals surface area contributed by atoms with Crippen molar-refractivity contribution in [1.82, 2.24) is 9.97 Å². The van der Waals surface area contributed by atoms with Crippen LogP contribution in [0.1, 0.15) is 5.69 Å². The predicted octanol–water partition coefficient (Wildman–Crippen LogP) is 2.81. The summed E-state index contributed by atoms with van der Waals surface area (Å²) in [6.07, 6.45) is 1.43. The highest BCUT2D eigenvalue weighted by Gasteiger charge is 2.06. The van der Waals surface area contributed by atoms with Crippen LogP contribution in [0.4, 0.5) is 11.5 Å². The van der Waals surface area contributed by atoms with Gasteiger partial charge in [0.2, 0.25) is 0 Å². The summed E-state index contributed by atoms with van der Waals surface area (Å²) in [4.78, 5) is 7.79. The minimum absolute atomic E-state index is 0.0716. The zero-order valence-electron chi connectivity index (χ0n) is 9.14. The molecule has 0 saturated carbocycles. The van der Waals surface area contributed by atoms with E-state index in [2.05, 4.69) is 20.5 Å². The first-order valence-electron chi connectivity index (χ1n) is 4.99. The zero-order chi connectivity index (χ0) is 13.0. The van der Waals surface area contributed by atoms with Crippen LogP contribution >= 0.6 is 23.2 Å². The average Bonchev–Trinajstić information content (AvgIpc) is 2.37. The zero-order valence-corrected chi connectivity index (χ0v) is 10.7. The summed E-state index contributed by atoms with van der Waals surface area (Å²) in [5, 5.41) is 4.15. The van der Waals surface area contributed by atoms with Crippen molar-refractivity contribution in [3.8, 4) is 0 Å². The number of benzene rings is 1. The van der Waals surface area contributed by atoms with Crippen LogP contribution < -0.4 is 11.2 Å². The van der Waals surface area contributed by atoms with Gasteiger partial charge >= 0.3 is 0 Å². The Morgan fingerprint density at radius 2 is 1.78 bits per heavy atom. The largest absolute Gasteiger partial charge is 0.382 e. The summed E-state index contributed by atoms with van der Waals surface area (Å²) in [5.74, 6) is 0.169. The predicted molar refractivity (Wildman–Crippen MR) is 74.1 cm³/mol. The van der Waals surface area contributed by atoms with E-state index >= 15 is 0 Å². The number of anilines is 2. The van der Waals surface area contributed by atoms with Crippen LogP contribution in [0.25, 0.3) is 0 Å². The van der Waals surface area contributed by atoms with Crippen LogP contribution in [0.5, 0.6) is 0 Å². The van der Waals surface area contributed by atoms with Crippen LogP contribution in [-0.2, 0) is 0 Å². The first kappa shape index (κ1) is 12.6. The van der Waals surface area contributed by atoms with E-state index in [1.54, 1.807) is 0 Å². The summed E-state index contributed by atoms with van der Waals surface area (Å²) in [6, 6.07) is 9.45. The van der Waals surface area contributed by atoms with Gasteiger partial charge in [0.05, 0.1) is 11.9 Å². The number of rotatable bonds is 3. The molecule has 2 rings (SSSR count). The summed E-state index contributed by atoms with van der Waals surface area (Å²) < 4.78 is 0. The molecule has 0 saturated heterocycles. The normalized spacial score (nSPS) is 10.8. The molecule has 0 aliphatic carbocycles. The van der Waals surface area contributed by atoms with Crippen molar-refractivity contribution < 1.29 is 0 Å². The molecule has 1 heterocycles. The summed E-state index contributed by atoms with van der Waals surface area (Å²) >= 11 is 11.4. The maximum atomic E-state index is 5.74. The number of hydrazone groups is 1. The van der Waals surface area contributed by atoms with Gasteiger partial charge in [-0.05, 0) is 12.1 Å². The van der Waals surface area contributed by atoms with Gasteiger partial charge in [0, 0.05) is 0 Å². The quantitative estimate of drug-likeness (QED) is 0.670. The average molecular weight is 282 g/mol. The maximum Gasteiger partial charge on any atom is 0.168 e. The molecule has 1 aromatic carbocycles. The fourth-order valence-electron chi connectivity index (χ4n) is 1.19. The van der Waals surface area contributed by atoms with Gasteiger partial charge in [-0.2, -0.15) is 5.10 Å². The van der Waals surface area contributed by atoms with Crippen LogP contribution in [0.15, 0.2) is 35.4 Å². The molecule has 0 aliphatic rings. The standard InChI is InChI=1S/C11H9Cl2N5/c12-9-10(13)17-11(14)8(16-9)6-15-18-7-4-2-1-3-5-7/h1-6,18H,(H2,14,17). The number of nitrogens with one attached hydrogen (secondary N) is 1. The fourth-order valence-corrected chi connectivity index (χ4v) is 1.46. The van der Waals surface area contributed by atoms with Crippen LogP contribution in [0, 0.1) is 0 Å². The van der Waals surface area contributed by atoms with Crippen LogP contribution in [-0.4, -0.2) is 16.2 Å². The molecule has 7 heteroatoms. The lowest BCUT2D eigenvalue weighted by Gasteiger charge is -2.01. The third-order valence-corrected chi connectivity index (χ3v) is 2.65. The second-order valence-electron chi connectivity index (χ2n) is 3.31. The minimum atomic E-state index is 0.0716. The Kier molecular flexibility index (Phi) is 3.96. The summed E-state index contributed by atoms with van der Waals surface area (Å²) in [7, 11) is 0. The van der Waals surface area contributed by atoms with Crippen molar-refractivity contribution in [2.24, 2.45) is 5.10 Å². The smallest absolute Gasteiger partial charge is 0.168 e. The van der Waals surface area contributed by atoms with Gasteiger partial charge in [0.15, 0.2) is 16.1 Å². The van der Waals surface area contributed by atoms with E-state index in [0.717, 1.165) is 5.69 Å². The Morgan fingerprint density at radius 3 is 2.50 bits per heavy atom. The molecule has 0 unspecified atom stereocenters. The molecular weight excluding hydrogens is 273 g/mol. The van der Waals surface area contributed by atoms with E-state index in [-0.39, 0.29) is 16.1 Å². The Bertz CT molecular complexity index is 571. The Morgan fingerprint density at radius 1 is 1.11 bits per heavy atom. The second kappa shape index (κ2) is 5.66. The first-order valence-corrected chi connectivity index (χ1v) is 5.75. The lowest BCUT2D eigenvalue weighted by molar-refractivity contribution is 1.19. The molecule has 0 atom stereocenters. The minimum Gasteiger partial charge on any atom is -0.382 e. The topological polar surface area (TPSA) is 76.2 Å². The second-order valence-corrected chi connectivity index (χ2v) is 4.03. The summed E-state index contributed by atoms with van der Waals surface area (Å²) in [5.41, 5.74) is 9.66. The van der Waals surface area contributed by atoms with E-state index < -0.39 is 0 Å². The molecular formula is C11H9Cl2N5. The van der Waals surface area contributed by atoms with Crippen LogP contribution in [0.3, 0.4) is 0 Å². The summed E-state index contributed by atoms with van der Waals surface area (Å²) in [6.45, 7) is 0.